The molecule has 2 aliphatic heterocycles. The van der Waals surface area contributed by atoms with Gasteiger partial charge in [0, 0.05) is 12.1 Å². The molecule has 0 bridgehead atoms. The third-order valence-corrected chi connectivity index (χ3v) is 4.60. The van der Waals surface area contributed by atoms with Gasteiger partial charge < -0.3 is 24.8 Å². The molecule has 7 heteroatoms. The molecule has 2 amide bonds. The number of carbonyl (C=O) groups is 2. The molecule has 2 aliphatic rings. The quantitative estimate of drug-likeness (QED) is 0.826. The Morgan fingerprint density at radius 3 is 2.77 bits per heavy atom. The lowest BCUT2D eigenvalue weighted by Gasteiger charge is -2.24. The van der Waals surface area contributed by atoms with E-state index >= 15 is 0 Å². The number of carbonyl (C=O) groups excluding carboxylic acids is 2. The van der Waals surface area contributed by atoms with Crippen LogP contribution in [0.25, 0.3) is 0 Å². The van der Waals surface area contributed by atoms with Gasteiger partial charge in [0.2, 0.25) is 12.7 Å². The summed E-state index contributed by atoms with van der Waals surface area (Å²) in [6, 6.07) is 10.9. The molecule has 4 rings (SSSR count). The first-order valence-corrected chi connectivity index (χ1v) is 8.43. The van der Waals surface area contributed by atoms with E-state index < -0.39 is 6.04 Å². The predicted octanol–water partition coefficient (Wildman–Crippen LogP) is 2.36. The molecule has 134 valence electrons. The highest BCUT2D eigenvalue weighted by Crippen LogP contribution is 2.33. The van der Waals surface area contributed by atoms with Crippen molar-refractivity contribution in [3.05, 3.63) is 48.0 Å². The van der Waals surface area contributed by atoms with Gasteiger partial charge in [-0.1, -0.05) is 12.1 Å². The SMILES string of the molecule is O=C(Nc1ccccc1O)[C@H]1CCCN1C(=O)c1ccc2c(c1)OCO2. The van der Waals surface area contributed by atoms with Gasteiger partial charge in [0.25, 0.3) is 5.91 Å². The van der Waals surface area contributed by atoms with Gasteiger partial charge in [0.05, 0.1) is 5.69 Å². The fourth-order valence-corrected chi connectivity index (χ4v) is 3.27. The number of nitrogens with zero attached hydrogens (tertiary/aromatic N) is 1. The van der Waals surface area contributed by atoms with Crippen molar-refractivity contribution >= 4 is 17.5 Å². The first kappa shape index (κ1) is 16.3. The second-order valence-electron chi connectivity index (χ2n) is 6.23. The Balaban J connectivity index is 1.51. The van der Waals surface area contributed by atoms with E-state index in [4.69, 9.17) is 9.47 Å². The number of aromatic hydroxyl groups is 1. The first-order chi connectivity index (χ1) is 12.6. The fraction of sp³-hybridized carbons (Fsp3) is 0.263. The normalized spacial score (nSPS) is 18.0. The summed E-state index contributed by atoms with van der Waals surface area (Å²) < 4.78 is 10.6. The van der Waals surface area contributed by atoms with Gasteiger partial charge in [-0.15, -0.1) is 0 Å². The second-order valence-corrected chi connectivity index (χ2v) is 6.23. The summed E-state index contributed by atoms with van der Waals surface area (Å²) in [5.41, 5.74) is 0.788. The average Bonchev–Trinajstić information content (AvgIpc) is 3.31. The molecular weight excluding hydrogens is 336 g/mol. The molecule has 2 N–H and O–H groups in total. The van der Waals surface area contributed by atoms with Crippen molar-refractivity contribution in [1.29, 1.82) is 0 Å². The molecule has 0 spiro atoms. The molecule has 2 heterocycles. The van der Waals surface area contributed by atoms with Crippen molar-refractivity contribution in [2.45, 2.75) is 18.9 Å². The van der Waals surface area contributed by atoms with Crippen LogP contribution in [0.5, 0.6) is 17.2 Å². The number of benzene rings is 2. The maximum absolute atomic E-state index is 12.9. The molecule has 2 aromatic rings. The third-order valence-electron chi connectivity index (χ3n) is 4.60. The molecule has 1 atom stereocenters. The molecule has 0 aromatic heterocycles. The molecule has 7 nitrogen and oxygen atoms in total. The van der Waals surface area contributed by atoms with Gasteiger partial charge in [0.15, 0.2) is 11.5 Å². The number of para-hydroxylation sites is 2. The van der Waals surface area contributed by atoms with Crippen molar-refractivity contribution in [3.63, 3.8) is 0 Å². The van der Waals surface area contributed by atoms with Crippen LogP contribution in [0.4, 0.5) is 5.69 Å². The highest BCUT2D eigenvalue weighted by atomic mass is 16.7. The lowest BCUT2D eigenvalue weighted by molar-refractivity contribution is -0.119. The molecule has 1 saturated heterocycles. The zero-order valence-corrected chi connectivity index (χ0v) is 14.0. The van der Waals surface area contributed by atoms with Crippen LogP contribution >= 0.6 is 0 Å². The Bertz CT molecular complexity index is 867. The minimum absolute atomic E-state index is 0.00695. The number of rotatable bonds is 3. The smallest absolute Gasteiger partial charge is 0.254 e. The van der Waals surface area contributed by atoms with Crippen LogP contribution in [0.15, 0.2) is 42.5 Å². The number of phenolic OH excluding ortho intramolecular Hbond substituents is 1. The highest BCUT2D eigenvalue weighted by Gasteiger charge is 2.35. The van der Waals surface area contributed by atoms with E-state index in [1.54, 1.807) is 41.3 Å². The average molecular weight is 354 g/mol. The number of nitrogens with one attached hydrogen (secondary N) is 1. The van der Waals surface area contributed by atoms with Crippen molar-refractivity contribution in [2.75, 3.05) is 18.7 Å². The molecule has 0 radical (unpaired) electrons. The van der Waals surface area contributed by atoms with E-state index in [-0.39, 0.29) is 24.4 Å². The molecule has 0 aliphatic carbocycles. The number of phenols is 1. The van der Waals surface area contributed by atoms with Crippen molar-refractivity contribution in [1.82, 2.24) is 4.90 Å². The third kappa shape index (κ3) is 2.92. The summed E-state index contributed by atoms with van der Waals surface area (Å²) in [6.07, 6.45) is 1.32. The second kappa shape index (κ2) is 6.59. The number of anilines is 1. The summed E-state index contributed by atoms with van der Waals surface area (Å²) in [5.74, 6) is 0.603. The van der Waals surface area contributed by atoms with E-state index in [0.717, 1.165) is 6.42 Å². The number of hydrogen-bond acceptors (Lipinski definition) is 5. The topological polar surface area (TPSA) is 88.1 Å². The Morgan fingerprint density at radius 1 is 1.12 bits per heavy atom. The van der Waals surface area contributed by atoms with Crippen molar-refractivity contribution in [2.24, 2.45) is 0 Å². The van der Waals surface area contributed by atoms with E-state index in [9.17, 15) is 14.7 Å². The van der Waals surface area contributed by atoms with E-state index in [0.29, 0.717) is 35.7 Å². The minimum Gasteiger partial charge on any atom is -0.506 e. The van der Waals surface area contributed by atoms with Crippen LogP contribution in [0.2, 0.25) is 0 Å². The summed E-state index contributed by atoms with van der Waals surface area (Å²) in [7, 11) is 0. The lowest BCUT2D eigenvalue weighted by atomic mass is 10.1. The number of ether oxygens (including phenoxy) is 2. The monoisotopic (exact) mass is 354 g/mol. The van der Waals surface area contributed by atoms with Crippen molar-refractivity contribution < 1.29 is 24.2 Å². The number of hydrogen-bond donors (Lipinski definition) is 2. The summed E-state index contributed by atoms with van der Waals surface area (Å²) in [6.45, 7) is 0.647. The van der Waals surface area contributed by atoms with Gasteiger partial charge >= 0.3 is 0 Å². The molecule has 2 aromatic carbocycles. The Morgan fingerprint density at radius 2 is 1.92 bits per heavy atom. The Hall–Kier alpha value is -3.22. The standard InChI is InChI=1S/C19H18N2O5/c22-15-6-2-1-4-13(15)20-18(23)14-5-3-9-21(14)19(24)12-7-8-16-17(10-12)26-11-25-16/h1-2,4,6-8,10,14,22H,3,5,9,11H2,(H,20,23)/t14-/m1/s1. The van der Waals surface area contributed by atoms with Gasteiger partial charge in [-0.05, 0) is 43.2 Å². The Kier molecular flexibility index (Phi) is 4.12. The maximum Gasteiger partial charge on any atom is 0.254 e. The van der Waals surface area contributed by atoms with Gasteiger partial charge in [-0.3, -0.25) is 9.59 Å². The predicted molar refractivity (Wildman–Crippen MR) is 93.4 cm³/mol. The fourth-order valence-electron chi connectivity index (χ4n) is 3.27. The van der Waals surface area contributed by atoms with Crippen LogP contribution in [0.3, 0.4) is 0 Å². The van der Waals surface area contributed by atoms with E-state index in [1.807, 2.05) is 0 Å². The number of fused-ring (bicyclic) bond motifs is 1. The minimum atomic E-state index is -0.576. The highest BCUT2D eigenvalue weighted by molar-refractivity contribution is 6.02. The van der Waals surface area contributed by atoms with Gasteiger partial charge in [0.1, 0.15) is 11.8 Å². The van der Waals surface area contributed by atoms with Crippen LogP contribution in [-0.2, 0) is 4.79 Å². The van der Waals surface area contributed by atoms with Crippen LogP contribution in [0.1, 0.15) is 23.2 Å². The molecule has 26 heavy (non-hydrogen) atoms. The summed E-state index contributed by atoms with van der Waals surface area (Å²) in [5, 5.41) is 12.5. The van der Waals surface area contributed by atoms with Crippen molar-refractivity contribution in [3.8, 4) is 17.2 Å². The van der Waals surface area contributed by atoms with Gasteiger partial charge in [-0.2, -0.15) is 0 Å². The number of amides is 2. The van der Waals surface area contributed by atoms with E-state index in [2.05, 4.69) is 5.32 Å². The van der Waals surface area contributed by atoms with Crippen LogP contribution in [0, 0.1) is 0 Å². The van der Waals surface area contributed by atoms with Crippen LogP contribution < -0.4 is 14.8 Å². The molecular formula is C19H18N2O5. The maximum atomic E-state index is 12.9. The van der Waals surface area contributed by atoms with Gasteiger partial charge in [-0.25, -0.2) is 0 Å². The largest absolute Gasteiger partial charge is 0.506 e. The molecule has 0 unspecified atom stereocenters. The zero-order valence-electron chi connectivity index (χ0n) is 14.0. The summed E-state index contributed by atoms with van der Waals surface area (Å²) >= 11 is 0. The first-order valence-electron chi connectivity index (χ1n) is 8.43. The lowest BCUT2D eigenvalue weighted by Crippen LogP contribution is -2.43. The van der Waals surface area contributed by atoms with Crippen LogP contribution in [-0.4, -0.2) is 41.2 Å². The summed E-state index contributed by atoms with van der Waals surface area (Å²) in [4.78, 5) is 27.1. The molecule has 1 fully saturated rings. The zero-order chi connectivity index (χ0) is 18.1. The number of likely N-dealkylation sites (tertiary alicyclic amines) is 1. The van der Waals surface area contributed by atoms with E-state index in [1.165, 1.54) is 6.07 Å². The Labute approximate surface area is 150 Å². The molecule has 0 saturated carbocycles.